The maximum Gasteiger partial charge on any atom is 0.490 e. The Bertz CT molecular complexity index is 1260. The number of carbonyl (C=O) groups is 2. The number of alkyl halides is 3. The molecule has 180 valence electrons. The smallest absolute Gasteiger partial charge is 0.475 e. The van der Waals surface area contributed by atoms with Crippen LogP contribution in [-0.2, 0) is 4.79 Å². The van der Waals surface area contributed by atoms with Crippen molar-refractivity contribution < 1.29 is 32.3 Å². The molecule has 1 saturated heterocycles. The number of hydrogen-bond acceptors (Lipinski definition) is 6. The monoisotopic (exact) mass is 541 g/mol. The highest BCUT2D eigenvalue weighted by Crippen LogP contribution is 2.30. The predicted octanol–water partition coefficient (Wildman–Crippen LogP) is 3.85. The van der Waals surface area contributed by atoms with Crippen LogP contribution < -0.4 is 21.2 Å². The first-order valence-corrected chi connectivity index (χ1v) is 10.7. The minimum Gasteiger partial charge on any atom is -0.475 e. The molecule has 8 nitrogen and oxygen atoms in total. The molecule has 1 amide bonds. The van der Waals surface area contributed by atoms with Crippen LogP contribution in [0.5, 0.6) is 0 Å². The average Bonchev–Trinajstić information content (AvgIpc) is 2.79. The Morgan fingerprint density at radius 2 is 1.74 bits per heavy atom. The van der Waals surface area contributed by atoms with E-state index >= 15 is 0 Å². The summed E-state index contributed by atoms with van der Waals surface area (Å²) >= 11 is 3.45. The maximum atomic E-state index is 12.8. The molecule has 2 aromatic carbocycles. The number of aliphatic carboxylic acids is 1. The first-order chi connectivity index (χ1) is 16.1. The lowest BCUT2D eigenvalue weighted by Gasteiger charge is -2.31. The number of para-hydroxylation sites is 1. The van der Waals surface area contributed by atoms with Crippen molar-refractivity contribution in [2.45, 2.75) is 6.18 Å². The van der Waals surface area contributed by atoms with E-state index in [0.29, 0.717) is 16.7 Å². The minimum atomic E-state index is -5.08. The fourth-order valence-electron chi connectivity index (χ4n) is 3.20. The Labute approximate surface area is 199 Å². The van der Waals surface area contributed by atoms with Gasteiger partial charge in [0.1, 0.15) is 11.1 Å². The van der Waals surface area contributed by atoms with Crippen LogP contribution in [0.1, 0.15) is 10.4 Å². The molecule has 3 aromatic rings. The minimum absolute atomic E-state index is 0.0139. The Morgan fingerprint density at radius 1 is 1.09 bits per heavy atom. The van der Waals surface area contributed by atoms with Crippen molar-refractivity contribution in [3.63, 3.8) is 0 Å². The number of nitrogens with one attached hydrogen (secondary N) is 2. The fraction of sp³-hybridized carbons (Fsp3) is 0.227. The van der Waals surface area contributed by atoms with Crippen molar-refractivity contribution in [3.05, 3.63) is 69.0 Å². The molecular weight excluding hydrogens is 523 g/mol. The normalized spacial score (nSPS) is 13.7. The molecule has 0 spiro atoms. The summed E-state index contributed by atoms with van der Waals surface area (Å²) in [4.78, 5) is 36.2. The van der Waals surface area contributed by atoms with Crippen molar-refractivity contribution >= 4 is 50.2 Å². The third-order valence-electron chi connectivity index (χ3n) is 4.79. The summed E-state index contributed by atoms with van der Waals surface area (Å²) in [7, 11) is 0. The summed E-state index contributed by atoms with van der Waals surface area (Å²) < 4.78 is 37.9. The number of carboxylic acids is 1. The van der Waals surface area contributed by atoms with E-state index in [1.54, 1.807) is 24.3 Å². The van der Waals surface area contributed by atoms with Gasteiger partial charge in [0, 0.05) is 36.0 Å². The van der Waals surface area contributed by atoms with E-state index in [9.17, 15) is 22.8 Å². The van der Waals surface area contributed by atoms with Gasteiger partial charge in [-0.25, -0.2) is 9.59 Å². The van der Waals surface area contributed by atoms with Gasteiger partial charge in [-0.05, 0) is 30.3 Å². The van der Waals surface area contributed by atoms with Gasteiger partial charge in [-0.3, -0.25) is 4.79 Å². The van der Waals surface area contributed by atoms with Gasteiger partial charge >= 0.3 is 17.8 Å². The number of carboxylic acid groups (broad SMARTS) is 1. The lowest BCUT2D eigenvalue weighted by molar-refractivity contribution is -0.192. The topological polar surface area (TPSA) is 112 Å². The summed E-state index contributed by atoms with van der Waals surface area (Å²) in [6.07, 6.45) is -5.08. The van der Waals surface area contributed by atoms with Crippen molar-refractivity contribution in [3.8, 4) is 0 Å². The first kappa shape index (κ1) is 25.2. The summed E-state index contributed by atoms with van der Waals surface area (Å²) in [5.41, 5.74) is 1.38. The van der Waals surface area contributed by atoms with Crippen molar-refractivity contribution in [1.29, 1.82) is 0 Å². The van der Waals surface area contributed by atoms with Gasteiger partial charge in [0.15, 0.2) is 0 Å². The number of piperazine rings is 1. The van der Waals surface area contributed by atoms with Gasteiger partial charge in [0.05, 0.1) is 11.4 Å². The molecule has 0 radical (unpaired) electrons. The Hall–Kier alpha value is -3.38. The Kier molecular flexibility index (Phi) is 7.94. The summed E-state index contributed by atoms with van der Waals surface area (Å²) in [6.45, 7) is 3.47. The average molecular weight is 542 g/mol. The highest BCUT2D eigenvalue weighted by molar-refractivity contribution is 9.10. The number of amides is 1. The zero-order valence-corrected chi connectivity index (χ0v) is 19.1. The van der Waals surface area contributed by atoms with Gasteiger partial charge in [0.2, 0.25) is 0 Å². The van der Waals surface area contributed by atoms with E-state index < -0.39 is 23.7 Å². The largest absolute Gasteiger partial charge is 0.490 e. The molecule has 1 aromatic heterocycles. The van der Waals surface area contributed by atoms with Crippen LogP contribution in [0.15, 0.2) is 62.2 Å². The lowest BCUT2D eigenvalue weighted by Crippen LogP contribution is -2.43. The van der Waals surface area contributed by atoms with Crippen molar-refractivity contribution in [2.75, 3.05) is 36.4 Å². The van der Waals surface area contributed by atoms with Gasteiger partial charge in [0.25, 0.3) is 5.91 Å². The molecule has 4 rings (SSSR count). The molecule has 0 saturated carbocycles. The second-order valence-electron chi connectivity index (χ2n) is 7.14. The van der Waals surface area contributed by atoms with E-state index in [1.807, 2.05) is 24.3 Å². The SMILES string of the molecule is O=C(Nc1cc(Br)ccc1N1CCNCC1)c1cc2ccccc2oc1=O.O=C(O)C(F)(F)F. The molecular formula is C22H19BrF3N3O5. The zero-order valence-electron chi connectivity index (χ0n) is 17.5. The van der Waals surface area contributed by atoms with Crippen LogP contribution in [0.25, 0.3) is 11.0 Å². The van der Waals surface area contributed by atoms with E-state index in [4.69, 9.17) is 14.3 Å². The molecule has 12 heteroatoms. The molecule has 1 fully saturated rings. The molecule has 34 heavy (non-hydrogen) atoms. The fourth-order valence-corrected chi connectivity index (χ4v) is 3.56. The van der Waals surface area contributed by atoms with Crippen LogP contribution in [0.2, 0.25) is 0 Å². The van der Waals surface area contributed by atoms with Gasteiger partial charge in [-0.15, -0.1) is 0 Å². The van der Waals surface area contributed by atoms with E-state index in [1.165, 1.54) is 0 Å². The lowest BCUT2D eigenvalue weighted by atomic mass is 10.1. The van der Waals surface area contributed by atoms with Gasteiger partial charge in [-0.1, -0.05) is 34.1 Å². The maximum absolute atomic E-state index is 12.8. The van der Waals surface area contributed by atoms with Crippen LogP contribution in [-0.4, -0.2) is 49.3 Å². The molecule has 0 aliphatic carbocycles. The highest BCUT2D eigenvalue weighted by atomic mass is 79.9. The second kappa shape index (κ2) is 10.7. The number of hydrogen-bond donors (Lipinski definition) is 3. The third-order valence-corrected chi connectivity index (χ3v) is 5.29. The number of halogens is 4. The Balaban J connectivity index is 0.000000406. The number of rotatable bonds is 3. The number of carbonyl (C=O) groups excluding carboxylic acids is 1. The predicted molar refractivity (Wildman–Crippen MR) is 123 cm³/mol. The Morgan fingerprint density at radius 3 is 2.38 bits per heavy atom. The molecule has 1 aliphatic heterocycles. The molecule has 0 unspecified atom stereocenters. The standard InChI is InChI=1S/C20H18BrN3O3.C2HF3O2/c21-14-5-6-17(24-9-7-22-8-10-24)16(12-14)23-19(25)15-11-13-3-1-2-4-18(13)27-20(15)26;3-2(4,5)1(6)7/h1-6,11-12,22H,7-10H2,(H,23,25);(H,6,7). The van der Waals surface area contributed by atoms with Gasteiger partial charge < -0.3 is 25.1 Å². The third kappa shape index (κ3) is 6.35. The van der Waals surface area contributed by atoms with Crippen LogP contribution in [0.3, 0.4) is 0 Å². The number of anilines is 2. The van der Waals surface area contributed by atoms with Gasteiger partial charge in [-0.2, -0.15) is 13.2 Å². The second-order valence-corrected chi connectivity index (χ2v) is 8.06. The summed E-state index contributed by atoms with van der Waals surface area (Å²) in [5, 5.41) is 14.0. The van der Waals surface area contributed by atoms with Crippen molar-refractivity contribution in [1.82, 2.24) is 5.32 Å². The molecule has 0 atom stereocenters. The van der Waals surface area contributed by atoms with Crippen LogP contribution in [0.4, 0.5) is 24.5 Å². The molecule has 2 heterocycles. The van der Waals surface area contributed by atoms with Crippen molar-refractivity contribution in [2.24, 2.45) is 0 Å². The van der Waals surface area contributed by atoms with Crippen LogP contribution in [0, 0.1) is 0 Å². The van der Waals surface area contributed by atoms with E-state index in [-0.39, 0.29) is 5.56 Å². The number of fused-ring (bicyclic) bond motifs is 1. The molecule has 0 bridgehead atoms. The van der Waals surface area contributed by atoms with E-state index in [0.717, 1.165) is 36.3 Å². The summed E-state index contributed by atoms with van der Waals surface area (Å²) in [6, 6.07) is 14.4. The highest BCUT2D eigenvalue weighted by Gasteiger charge is 2.38. The molecule has 3 N–H and O–H groups in total. The molecule has 1 aliphatic rings. The zero-order chi connectivity index (χ0) is 24.9. The summed E-state index contributed by atoms with van der Waals surface area (Å²) in [5.74, 6) is -3.24. The number of nitrogens with zero attached hydrogens (tertiary/aromatic N) is 1. The van der Waals surface area contributed by atoms with Crippen LogP contribution >= 0.6 is 15.9 Å². The quantitative estimate of drug-likeness (QED) is 0.432. The number of benzene rings is 2. The van der Waals surface area contributed by atoms with E-state index in [2.05, 4.69) is 31.5 Å². The first-order valence-electron chi connectivity index (χ1n) is 9.96.